The Hall–Kier alpha value is -1.96. The monoisotopic (exact) mass is 414 g/mol. The summed E-state index contributed by atoms with van der Waals surface area (Å²) in [6, 6.07) is 2.27. The van der Waals surface area contributed by atoms with Gasteiger partial charge >= 0.3 is 0 Å². The summed E-state index contributed by atoms with van der Waals surface area (Å²) < 4.78 is 16.9. The molecule has 0 radical (unpaired) electrons. The highest BCUT2D eigenvalue weighted by Crippen LogP contribution is 2.35. The minimum Gasteiger partial charge on any atom is -0.481 e. The Morgan fingerprint density at radius 1 is 1.13 bits per heavy atom. The van der Waals surface area contributed by atoms with E-state index in [1.54, 1.807) is 14.2 Å². The van der Waals surface area contributed by atoms with Gasteiger partial charge in [0.1, 0.15) is 5.52 Å². The number of aromatic nitrogens is 2. The second-order valence-electron chi connectivity index (χ2n) is 8.39. The van der Waals surface area contributed by atoms with Crippen molar-refractivity contribution in [2.75, 3.05) is 52.4 Å². The quantitative estimate of drug-likeness (QED) is 0.599. The number of rotatable bonds is 10. The van der Waals surface area contributed by atoms with Crippen LogP contribution in [0.3, 0.4) is 0 Å². The zero-order valence-corrected chi connectivity index (χ0v) is 18.5. The number of aryl methyl sites for hydroxylation is 1. The SMILES string of the molecule is COC[C@@H](C)Nc1c2c(nc3cc(COCCN4CCCC4)c(OC)nc13)CCC2. The first kappa shape index (κ1) is 21.3. The molecule has 0 bridgehead atoms. The summed E-state index contributed by atoms with van der Waals surface area (Å²) in [5, 5.41) is 3.62. The lowest BCUT2D eigenvalue weighted by Gasteiger charge is -2.20. The fourth-order valence-corrected chi connectivity index (χ4v) is 4.56. The Labute approximate surface area is 179 Å². The van der Waals surface area contributed by atoms with Gasteiger partial charge in [-0.15, -0.1) is 0 Å². The number of methoxy groups -OCH3 is 2. The molecule has 0 spiro atoms. The first-order valence-corrected chi connectivity index (χ1v) is 11.1. The van der Waals surface area contributed by atoms with Gasteiger partial charge in [-0.25, -0.2) is 4.98 Å². The van der Waals surface area contributed by atoms with Gasteiger partial charge in [-0.3, -0.25) is 4.98 Å². The predicted octanol–water partition coefficient (Wildman–Crippen LogP) is 3.19. The zero-order valence-electron chi connectivity index (χ0n) is 18.5. The highest BCUT2D eigenvalue weighted by molar-refractivity contribution is 5.91. The molecule has 7 heteroatoms. The van der Waals surface area contributed by atoms with Gasteiger partial charge in [0.25, 0.3) is 0 Å². The molecule has 164 valence electrons. The van der Waals surface area contributed by atoms with Crippen LogP contribution in [0.25, 0.3) is 11.0 Å². The molecule has 0 amide bonds. The van der Waals surface area contributed by atoms with Gasteiger partial charge in [-0.1, -0.05) is 0 Å². The summed E-state index contributed by atoms with van der Waals surface area (Å²) in [6.45, 7) is 7.34. The molecule has 1 saturated heterocycles. The Balaban J connectivity index is 1.57. The van der Waals surface area contributed by atoms with Crippen LogP contribution in [0.1, 0.15) is 43.0 Å². The van der Waals surface area contributed by atoms with Gasteiger partial charge in [0, 0.05) is 31.0 Å². The van der Waals surface area contributed by atoms with Gasteiger partial charge in [0.15, 0.2) is 0 Å². The van der Waals surface area contributed by atoms with Gasteiger partial charge < -0.3 is 24.4 Å². The van der Waals surface area contributed by atoms with E-state index in [4.69, 9.17) is 24.2 Å². The van der Waals surface area contributed by atoms with Gasteiger partial charge in [0.05, 0.1) is 38.1 Å². The van der Waals surface area contributed by atoms with Crippen LogP contribution in [0.4, 0.5) is 5.69 Å². The standard InChI is InChI=1S/C23H34N4O3/c1-16(14-28-2)24-21-18-7-6-8-19(18)25-20-13-17(23(29-3)26-22(20)21)15-30-12-11-27-9-4-5-10-27/h13,16H,4-12,14-15H2,1-3H3,(H,24,25)/t16-/m1/s1. The molecule has 2 aromatic heterocycles. The molecule has 1 atom stereocenters. The molecule has 30 heavy (non-hydrogen) atoms. The van der Waals surface area contributed by atoms with Crippen molar-refractivity contribution in [1.29, 1.82) is 0 Å². The lowest BCUT2D eigenvalue weighted by molar-refractivity contribution is 0.0975. The molecule has 0 aromatic carbocycles. The van der Waals surface area contributed by atoms with E-state index in [1.807, 2.05) is 0 Å². The number of hydrogen-bond acceptors (Lipinski definition) is 7. The van der Waals surface area contributed by atoms with E-state index in [0.717, 1.165) is 54.7 Å². The smallest absolute Gasteiger partial charge is 0.219 e. The van der Waals surface area contributed by atoms with Crippen molar-refractivity contribution in [3.8, 4) is 5.88 Å². The average molecular weight is 415 g/mol. The van der Waals surface area contributed by atoms with Gasteiger partial charge in [-0.05, 0) is 63.7 Å². The first-order chi connectivity index (χ1) is 14.7. The summed E-state index contributed by atoms with van der Waals surface area (Å²) in [6.07, 6.45) is 5.79. The van der Waals surface area contributed by atoms with Crippen LogP contribution in [0.15, 0.2) is 6.07 Å². The molecular formula is C23H34N4O3. The lowest BCUT2D eigenvalue weighted by atomic mass is 10.1. The zero-order chi connectivity index (χ0) is 20.9. The van der Waals surface area contributed by atoms with Crippen LogP contribution < -0.4 is 10.1 Å². The van der Waals surface area contributed by atoms with E-state index in [2.05, 4.69) is 23.2 Å². The number of nitrogens with one attached hydrogen (secondary N) is 1. The van der Waals surface area contributed by atoms with E-state index in [1.165, 1.54) is 37.2 Å². The fourth-order valence-electron chi connectivity index (χ4n) is 4.56. The minimum atomic E-state index is 0.187. The molecule has 0 saturated carbocycles. The number of likely N-dealkylation sites (tertiary alicyclic amines) is 1. The molecule has 2 aliphatic rings. The van der Waals surface area contributed by atoms with Gasteiger partial charge in [-0.2, -0.15) is 0 Å². The number of pyridine rings is 2. The largest absolute Gasteiger partial charge is 0.481 e. The Kier molecular flexibility index (Phi) is 7.02. The summed E-state index contributed by atoms with van der Waals surface area (Å²) >= 11 is 0. The molecule has 2 aromatic rings. The summed E-state index contributed by atoms with van der Waals surface area (Å²) in [4.78, 5) is 12.3. The van der Waals surface area contributed by atoms with Crippen molar-refractivity contribution in [2.24, 2.45) is 0 Å². The highest BCUT2D eigenvalue weighted by atomic mass is 16.5. The van der Waals surface area contributed by atoms with Crippen LogP contribution in [0, 0.1) is 0 Å². The summed E-state index contributed by atoms with van der Waals surface area (Å²) in [7, 11) is 3.40. The van der Waals surface area contributed by atoms with Crippen LogP contribution in [0.5, 0.6) is 5.88 Å². The molecule has 1 aliphatic heterocycles. The minimum absolute atomic E-state index is 0.187. The van der Waals surface area contributed by atoms with Crippen molar-refractivity contribution in [3.63, 3.8) is 0 Å². The lowest BCUT2D eigenvalue weighted by Crippen LogP contribution is -2.24. The van der Waals surface area contributed by atoms with E-state index in [9.17, 15) is 0 Å². The normalized spacial score (nSPS) is 17.4. The summed E-state index contributed by atoms with van der Waals surface area (Å²) in [5.74, 6) is 0.617. The maximum absolute atomic E-state index is 5.97. The topological polar surface area (TPSA) is 68.7 Å². The second kappa shape index (κ2) is 9.90. The van der Waals surface area contributed by atoms with Crippen LogP contribution in [0.2, 0.25) is 0 Å². The Morgan fingerprint density at radius 3 is 2.73 bits per heavy atom. The number of hydrogen-bond donors (Lipinski definition) is 1. The third-order valence-electron chi connectivity index (χ3n) is 6.03. The van der Waals surface area contributed by atoms with Crippen molar-refractivity contribution in [3.05, 3.63) is 22.9 Å². The number of nitrogens with zero attached hydrogens (tertiary/aromatic N) is 3. The van der Waals surface area contributed by atoms with Crippen LogP contribution in [-0.4, -0.2) is 68.0 Å². The fraction of sp³-hybridized carbons (Fsp3) is 0.652. The highest BCUT2D eigenvalue weighted by Gasteiger charge is 2.23. The average Bonchev–Trinajstić information content (AvgIpc) is 3.42. The summed E-state index contributed by atoms with van der Waals surface area (Å²) in [5.41, 5.74) is 6.28. The van der Waals surface area contributed by atoms with E-state index < -0.39 is 0 Å². The van der Waals surface area contributed by atoms with Gasteiger partial charge in [0.2, 0.25) is 5.88 Å². The molecule has 1 N–H and O–H groups in total. The molecule has 7 nitrogen and oxygen atoms in total. The van der Waals surface area contributed by atoms with Crippen LogP contribution in [-0.2, 0) is 28.9 Å². The van der Waals surface area contributed by atoms with Crippen LogP contribution >= 0.6 is 0 Å². The molecule has 0 unspecified atom stereocenters. The van der Waals surface area contributed by atoms with Crippen molar-refractivity contribution < 1.29 is 14.2 Å². The third-order valence-corrected chi connectivity index (χ3v) is 6.03. The molecule has 1 aliphatic carbocycles. The molecule has 3 heterocycles. The molecule has 4 rings (SSSR count). The maximum atomic E-state index is 5.97. The second-order valence-corrected chi connectivity index (χ2v) is 8.39. The molecular weight excluding hydrogens is 380 g/mol. The van der Waals surface area contributed by atoms with Crippen molar-refractivity contribution >= 4 is 16.7 Å². The van der Waals surface area contributed by atoms with E-state index >= 15 is 0 Å². The van der Waals surface area contributed by atoms with E-state index in [0.29, 0.717) is 19.1 Å². The number of anilines is 1. The van der Waals surface area contributed by atoms with Crippen molar-refractivity contribution in [2.45, 2.75) is 51.7 Å². The number of ether oxygens (including phenoxy) is 3. The number of fused-ring (bicyclic) bond motifs is 2. The Morgan fingerprint density at radius 2 is 1.97 bits per heavy atom. The maximum Gasteiger partial charge on any atom is 0.219 e. The first-order valence-electron chi connectivity index (χ1n) is 11.1. The third kappa shape index (κ3) is 4.68. The van der Waals surface area contributed by atoms with Crippen molar-refractivity contribution in [1.82, 2.24) is 14.9 Å². The molecule has 1 fully saturated rings. The Bertz CT molecular complexity index is 867. The predicted molar refractivity (Wildman–Crippen MR) is 118 cm³/mol. The van der Waals surface area contributed by atoms with E-state index in [-0.39, 0.29) is 6.04 Å².